The number of hydrogen-bond acceptors (Lipinski definition) is 4. The number of fused-ring (bicyclic) bond motifs is 2. The summed E-state index contributed by atoms with van der Waals surface area (Å²) < 4.78 is 7.08. The van der Waals surface area contributed by atoms with Gasteiger partial charge in [0.2, 0.25) is 0 Å². The second kappa shape index (κ2) is 9.02. The fraction of sp³-hybridized carbons (Fsp3) is 0.125. The molecule has 0 bridgehead atoms. The third kappa shape index (κ3) is 4.33. The number of esters is 1. The van der Waals surface area contributed by atoms with E-state index in [4.69, 9.17) is 27.9 Å². The van der Waals surface area contributed by atoms with Crippen LogP contribution in [0.2, 0.25) is 10.0 Å². The maximum atomic E-state index is 12.8. The largest absolute Gasteiger partial charge is 0.451 e. The quantitative estimate of drug-likeness (QED) is 0.329. The highest BCUT2D eigenvalue weighted by Crippen LogP contribution is 2.25. The van der Waals surface area contributed by atoms with Crippen LogP contribution in [0.1, 0.15) is 6.92 Å². The van der Waals surface area contributed by atoms with E-state index in [2.05, 4.69) is 5.32 Å². The number of hydrogen-bond donors (Lipinski definition) is 1. The number of amides is 1. The van der Waals surface area contributed by atoms with Crippen molar-refractivity contribution in [2.24, 2.45) is 0 Å². The molecule has 0 aliphatic heterocycles. The number of para-hydroxylation sites is 2. The van der Waals surface area contributed by atoms with Gasteiger partial charge in [0.05, 0.1) is 21.7 Å². The Labute approximate surface area is 193 Å². The van der Waals surface area contributed by atoms with Gasteiger partial charge >= 0.3 is 5.97 Å². The van der Waals surface area contributed by atoms with Gasteiger partial charge in [-0.2, -0.15) is 0 Å². The summed E-state index contributed by atoms with van der Waals surface area (Å²) in [6.07, 6.45) is -1.07. The van der Waals surface area contributed by atoms with Crippen LogP contribution in [0.4, 0.5) is 5.69 Å². The van der Waals surface area contributed by atoms with Crippen molar-refractivity contribution in [3.05, 3.63) is 87.0 Å². The second-order valence-electron chi connectivity index (χ2n) is 7.20. The van der Waals surface area contributed by atoms with E-state index in [1.807, 2.05) is 0 Å². The first-order chi connectivity index (χ1) is 15.3. The topological polar surface area (TPSA) is 77.4 Å². The van der Waals surface area contributed by atoms with Gasteiger partial charge in [0, 0.05) is 15.8 Å². The zero-order valence-electron chi connectivity index (χ0n) is 17.0. The lowest BCUT2D eigenvalue weighted by Crippen LogP contribution is -2.31. The summed E-state index contributed by atoms with van der Waals surface area (Å²) in [4.78, 5) is 38.0. The summed E-state index contributed by atoms with van der Waals surface area (Å²) in [5.74, 6) is -1.17. The average Bonchev–Trinajstić information content (AvgIpc) is 2.79. The first-order valence-corrected chi connectivity index (χ1v) is 10.6. The summed E-state index contributed by atoms with van der Waals surface area (Å²) in [6, 6.07) is 18.8. The zero-order valence-corrected chi connectivity index (χ0v) is 18.5. The highest BCUT2D eigenvalue weighted by molar-refractivity contribution is 6.35. The fourth-order valence-corrected chi connectivity index (χ4v) is 3.83. The first-order valence-electron chi connectivity index (χ1n) is 9.81. The number of nitrogens with zero attached hydrogens (tertiary/aromatic N) is 1. The van der Waals surface area contributed by atoms with Gasteiger partial charge in [-0.1, -0.05) is 47.5 Å². The van der Waals surface area contributed by atoms with Gasteiger partial charge in [-0.05, 0) is 49.4 Å². The molecular weight excluding hydrogens is 451 g/mol. The Morgan fingerprint density at radius 1 is 0.969 bits per heavy atom. The molecule has 32 heavy (non-hydrogen) atoms. The first kappa shape index (κ1) is 21.9. The molecule has 1 aromatic heterocycles. The fourth-order valence-electron chi connectivity index (χ4n) is 3.49. The van der Waals surface area contributed by atoms with Gasteiger partial charge in [0.25, 0.3) is 5.91 Å². The number of pyridine rings is 1. The standard InChI is InChI=1S/C24H18Cl2N2O4/c1-14(24(31)27-19-12-15(25)10-11-18(19)26)32-22(29)13-28-20-8-4-2-6-16(20)23(30)17-7-3-5-9-21(17)28/h2-12,14H,13H2,1H3,(H,27,31). The molecule has 6 nitrogen and oxygen atoms in total. The summed E-state index contributed by atoms with van der Waals surface area (Å²) in [7, 11) is 0. The minimum Gasteiger partial charge on any atom is -0.451 e. The molecule has 0 aliphatic rings. The third-order valence-electron chi connectivity index (χ3n) is 5.03. The van der Waals surface area contributed by atoms with E-state index in [-0.39, 0.29) is 12.0 Å². The van der Waals surface area contributed by atoms with E-state index in [1.165, 1.54) is 13.0 Å². The molecule has 8 heteroatoms. The van der Waals surface area contributed by atoms with E-state index < -0.39 is 18.0 Å². The van der Waals surface area contributed by atoms with E-state index >= 15 is 0 Å². The minimum absolute atomic E-state index is 0.105. The molecule has 3 aromatic carbocycles. The van der Waals surface area contributed by atoms with E-state index in [0.29, 0.717) is 37.5 Å². The Bertz CT molecular complexity index is 1350. The number of halogens is 2. The molecule has 1 atom stereocenters. The molecule has 0 aliphatic carbocycles. The number of ether oxygens (including phenoxy) is 1. The van der Waals surface area contributed by atoms with Crippen molar-refractivity contribution in [2.75, 3.05) is 5.32 Å². The predicted molar refractivity (Wildman–Crippen MR) is 126 cm³/mol. The predicted octanol–water partition coefficient (Wildman–Crippen LogP) is 5.03. The van der Waals surface area contributed by atoms with Crippen molar-refractivity contribution in [3.63, 3.8) is 0 Å². The number of carbonyl (C=O) groups excluding carboxylic acids is 2. The summed E-state index contributed by atoms with van der Waals surface area (Å²) >= 11 is 12.0. The Kier molecular flexibility index (Phi) is 6.17. The maximum absolute atomic E-state index is 12.8. The Balaban J connectivity index is 1.57. The molecule has 4 rings (SSSR count). The Morgan fingerprint density at radius 2 is 1.56 bits per heavy atom. The zero-order chi connectivity index (χ0) is 22.8. The molecule has 1 unspecified atom stereocenters. The van der Waals surface area contributed by atoms with Gasteiger partial charge in [0.15, 0.2) is 11.5 Å². The molecule has 1 N–H and O–H groups in total. The lowest BCUT2D eigenvalue weighted by atomic mass is 10.1. The average molecular weight is 469 g/mol. The maximum Gasteiger partial charge on any atom is 0.326 e. The molecule has 0 spiro atoms. The number of rotatable bonds is 5. The van der Waals surface area contributed by atoms with E-state index in [0.717, 1.165) is 0 Å². The molecule has 1 amide bonds. The van der Waals surface area contributed by atoms with Crippen LogP contribution < -0.4 is 10.7 Å². The second-order valence-corrected chi connectivity index (χ2v) is 8.04. The van der Waals surface area contributed by atoms with E-state index in [9.17, 15) is 14.4 Å². The van der Waals surface area contributed by atoms with Crippen LogP contribution in [0.15, 0.2) is 71.5 Å². The lowest BCUT2D eigenvalue weighted by molar-refractivity contribution is -0.153. The van der Waals surface area contributed by atoms with Crippen LogP contribution >= 0.6 is 23.2 Å². The van der Waals surface area contributed by atoms with Crippen LogP contribution in [0.25, 0.3) is 21.8 Å². The van der Waals surface area contributed by atoms with E-state index in [1.54, 1.807) is 65.2 Å². The molecule has 0 radical (unpaired) electrons. The molecule has 162 valence electrons. The highest BCUT2D eigenvalue weighted by atomic mass is 35.5. The lowest BCUT2D eigenvalue weighted by Gasteiger charge is -2.17. The van der Waals surface area contributed by atoms with Crippen LogP contribution in [0, 0.1) is 0 Å². The van der Waals surface area contributed by atoms with Crippen LogP contribution in [0.5, 0.6) is 0 Å². The van der Waals surface area contributed by atoms with Crippen LogP contribution in [-0.4, -0.2) is 22.5 Å². The molecular formula is C24H18Cl2N2O4. The number of aromatic nitrogens is 1. The molecule has 1 heterocycles. The molecule has 0 fully saturated rings. The number of carbonyl (C=O) groups is 2. The van der Waals surface area contributed by atoms with Gasteiger partial charge in [-0.15, -0.1) is 0 Å². The summed E-state index contributed by atoms with van der Waals surface area (Å²) in [6.45, 7) is 1.30. The van der Waals surface area contributed by atoms with Crippen molar-refractivity contribution >= 4 is 62.6 Å². The summed E-state index contributed by atoms with van der Waals surface area (Å²) in [5, 5.41) is 4.33. The van der Waals surface area contributed by atoms with Gasteiger partial charge < -0.3 is 14.6 Å². The normalized spacial score (nSPS) is 12.0. The van der Waals surface area contributed by atoms with Gasteiger partial charge in [-0.25, -0.2) is 0 Å². The Morgan fingerprint density at radius 3 is 2.19 bits per heavy atom. The van der Waals surface area contributed by atoms with Gasteiger partial charge in [0.1, 0.15) is 6.54 Å². The van der Waals surface area contributed by atoms with Crippen molar-refractivity contribution in [3.8, 4) is 0 Å². The summed E-state index contributed by atoms with van der Waals surface area (Å²) in [5.41, 5.74) is 1.43. The number of benzene rings is 3. The van der Waals surface area contributed by atoms with Crippen molar-refractivity contribution < 1.29 is 14.3 Å². The van der Waals surface area contributed by atoms with Crippen molar-refractivity contribution in [1.29, 1.82) is 0 Å². The van der Waals surface area contributed by atoms with Gasteiger partial charge in [-0.3, -0.25) is 14.4 Å². The monoisotopic (exact) mass is 468 g/mol. The smallest absolute Gasteiger partial charge is 0.326 e. The van der Waals surface area contributed by atoms with Crippen LogP contribution in [-0.2, 0) is 20.9 Å². The molecule has 0 saturated heterocycles. The highest BCUT2D eigenvalue weighted by Gasteiger charge is 2.20. The molecule has 0 saturated carbocycles. The minimum atomic E-state index is -1.07. The number of nitrogens with one attached hydrogen (secondary N) is 1. The Hall–Kier alpha value is -3.35. The third-order valence-corrected chi connectivity index (χ3v) is 5.59. The van der Waals surface area contributed by atoms with Crippen molar-refractivity contribution in [1.82, 2.24) is 4.57 Å². The van der Waals surface area contributed by atoms with Crippen LogP contribution in [0.3, 0.4) is 0 Å². The van der Waals surface area contributed by atoms with Crippen molar-refractivity contribution in [2.45, 2.75) is 19.6 Å². The number of anilines is 1. The SMILES string of the molecule is CC(OC(=O)Cn1c2ccccc2c(=O)c2ccccc21)C(=O)Nc1cc(Cl)ccc1Cl. The molecule has 4 aromatic rings.